The number of benzene rings is 2. The fourth-order valence-corrected chi connectivity index (χ4v) is 1.78. The summed E-state index contributed by atoms with van der Waals surface area (Å²) in [6, 6.07) is 17.3. The highest BCUT2D eigenvalue weighted by atomic mass is 79.9. The Morgan fingerprint density at radius 2 is 1.82 bits per heavy atom. The molecule has 0 heterocycles. The van der Waals surface area contributed by atoms with E-state index in [0.29, 0.717) is 5.96 Å². The third kappa shape index (κ3) is 3.60. The molecule has 17 heavy (non-hydrogen) atoms. The summed E-state index contributed by atoms with van der Waals surface area (Å²) in [4.78, 5) is 4.25. The molecule has 3 N–H and O–H groups in total. The van der Waals surface area contributed by atoms with Crippen LogP contribution >= 0.6 is 15.9 Å². The molecule has 2 aromatic carbocycles. The van der Waals surface area contributed by atoms with Crippen LogP contribution in [0.15, 0.2) is 64.1 Å². The minimum absolute atomic E-state index is 0.370. The number of halogens is 1. The van der Waals surface area contributed by atoms with E-state index in [0.717, 1.165) is 15.8 Å². The quantitative estimate of drug-likeness (QED) is 0.657. The van der Waals surface area contributed by atoms with Crippen LogP contribution in [0.5, 0.6) is 0 Å². The smallest absolute Gasteiger partial charge is 0.198 e. The van der Waals surface area contributed by atoms with Gasteiger partial charge in [0.05, 0.1) is 5.69 Å². The van der Waals surface area contributed by atoms with Gasteiger partial charge >= 0.3 is 0 Å². The Hall–Kier alpha value is -1.81. The van der Waals surface area contributed by atoms with Gasteiger partial charge in [-0.3, -0.25) is 0 Å². The van der Waals surface area contributed by atoms with Crippen LogP contribution in [0.2, 0.25) is 0 Å². The maximum Gasteiger partial charge on any atom is 0.198 e. The van der Waals surface area contributed by atoms with Crippen LogP contribution in [0.25, 0.3) is 0 Å². The average molecular weight is 290 g/mol. The third-order valence-electron chi connectivity index (χ3n) is 2.10. The van der Waals surface area contributed by atoms with E-state index in [1.807, 2.05) is 54.6 Å². The molecule has 0 spiro atoms. The molecule has 0 unspecified atom stereocenters. The molecule has 2 rings (SSSR count). The van der Waals surface area contributed by atoms with Crippen molar-refractivity contribution in [3.63, 3.8) is 0 Å². The molecule has 0 aliphatic carbocycles. The van der Waals surface area contributed by atoms with E-state index < -0.39 is 0 Å². The van der Waals surface area contributed by atoms with Crippen molar-refractivity contribution in [3.05, 3.63) is 59.1 Å². The molecule has 4 heteroatoms. The SMILES string of the molecule is NC(=Nc1ccccc1)Nc1cccc(Br)c1. The summed E-state index contributed by atoms with van der Waals surface area (Å²) in [7, 11) is 0. The van der Waals surface area contributed by atoms with Gasteiger partial charge in [-0.05, 0) is 30.3 Å². The van der Waals surface area contributed by atoms with Crippen molar-refractivity contribution in [1.82, 2.24) is 0 Å². The molecule has 0 saturated carbocycles. The van der Waals surface area contributed by atoms with Crippen LogP contribution in [0.1, 0.15) is 0 Å². The topological polar surface area (TPSA) is 50.4 Å². The predicted octanol–water partition coefficient (Wildman–Crippen LogP) is 3.51. The van der Waals surface area contributed by atoms with Gasteiger partial charge in [0.15, 0.2) is 5.96 Å². The Kier molecular flexibility index (Phi) is 3.77. The van der Waals surface area contributed by atoms with Crippen LogP contribution in [0.3, 0.4) is 0 Å². The first kappa shape index (κ1) is 11.7. The summed E-state index contributed by atoms with van der Waals surface area (Å²) in [5, 5.41) is 3.03. The fourth-order valence-electron chi connectivity index (χ4n) is 1.38. The minimum Gasteiger partial charge on any atom is -0.369 e. The number of nitrogens with two attached hydrogens (primary N) is 1. The molecule has 0 bridgehead atoms. The first-order valence-corrected chi connectivity index (χ1v) is 5.95. The van der Waals surface area contributed by atoms with Crippen LogP contribution < -0.4 is 11.1 Å². The molecule has 2 aromatic rings. The zero-order valence-corrected chi connectivity index (χ0v) is 10.7. The summed E-state index contributed by atoms with van der Waals surface area (Å²) < 4.78 is 0.995. The molecule has 86 valence electrons. The molecule has 0 radical (unpaired) electrons. The molecule has 0 fully saturated rings. The Balaban J connectivity index is 2.12. The second kappa shape index (κ2) is 5.50. The number of nitrogens with zero attached hydrogens (tertiary/aromatic N) is 1. The number of para-hydroxylation sites is 1. The highest BCUT2D eigenvalue weighted by molar-refractivity contribution is 9.10. The van der Waals surface area contributed by atoms with Crippen LogP contribution in [0, 0.1) is 0 Å². The summed E-state index contributed by atoms with van der Waals surface area (Å²) in [5.74, 6) is 0.370. The lowest BCUT2D eigenvalue weighted by Gasteiger charge is -2.05. The van der Waals surface area contributed by atoms with Crippen molar-refractivity contribution in [2.75, 3.05) is 5.32 Å². The fraction of sp³-hybridized carbons (Fsp3) is 0. The zero-order chi connectivity index (χ0) is 12.1. The van der Waals surface area contributed by atoms with Gasteiger partial charge in [-0.15, -0.1) is 0 Å². The second-order valence-corrected chi connectivity index (χ2v) is 4.38. The summed E-state index contributed by atoms with van der Waals surface area (Å²) in [6.07, 6.45) is 0. The Morgan fingerprint density at radius 3 is 2.53 bits per heavy atom. The Morgan fingerprint density at radius 1 is 1.06 bits per heavy atom. The largest absolute Gasteiger partial charge is 0.369 e. The number of hydrogen-bond acceptors (Lipinski definition) is 1. The van der Waals surface area contributed by atoms with E-state index >= 15 is 0 Å². The van der Waals surface area contributed by atoms with Crippen molar-refractivity contribution in [2.24, 2.45) is 10.7 Å². The first-order valence-electron chi connectivity index (χ1n) is 5.16. The molecule has 0 aliphatic heterocycles. The maximum atomic E-state index is 5.81. The van der Waals surface area contributed by atoms with Gasteiger partial charge in [0.2, 0.25) is 0 Å². The second-order valence-electron chi connectivity index (χ2n) is 3.47. The number of aliphatic imine (C=N–C) groups is 1. The van der Waals surface area contributed by atoms with E-state index in [4.69, 9.17) is 5.73 Å². The van der Waals surface area contributed by atoms with Crippen molar-refractivity contribution in [2.45, 2.75) is 0 Å². The Bertz CT molecular complexity index is 523. The zero-order valence-electron chi connectivity index (χ0n) is 9.10. The van der Waals surface area contributed by atoms with Crippen molar-refractivity contribution >= 4 is 33.3 Å². The number of rotatable bonds is 2. The van der Waals surface area contributed by atoms with Crippen LogP contribution in [0.4, 0.5) is 11.4 Å². The molecule has 3 nitrogen and oxygen atoms in total. The lowest BCUT2D eigenvalue weighted by molar-refractivity contribution is 1.44. The number of nitrogens with one attached hydrogen (secondary N) is 1. The summed E-state index contributed by atoms with van der Waals surface area (Å²) in [5.41, 5.74) is 7.54. The van der Waals surface area contributed by atoms with Crippen LogP contribution in [-0.2, 0) is 0 Å². The monoisotopic (exact) mass is 289 g/mol. The Labute approximate surface area is 109 Å². The predicted molar refractivity (Wildman–Crippen MR) is 75.5 cm³/mol. The van der Waals surface area contributed by atoms with Gasteiger partial charge in [0, 0.05) is 10.2 Å². The lowest BCUT2D eigenvalue weighted by atomic mass is 10.3. The maximum absolute atomic E-state index is 5.81. The number of guanidine groups is 1. The van der Waals surface area contributed by atoms with Gasteiger partial charge in [0.1, 0.15) is 0 Å². The van der Waals surface area contributed by atoms with Gasteiger partial charge in [0.25, 0.3) is 0 Å². The standard InChI is InChI=1S/C13H12BrN3/c14-10-5-4-8-12(9-10)17-13(15)16-11-6-2-1-3-7-11/h1-9H,(H3,15,16,17). The van der Waals surface area contributed by atoms with E-state index in [1.54, 1.807) is 0 Å². The van der Waals surface area contributed by atoms with E-state index in [2.05, 4.69) is 26.2 Å². The van der Waals surface area contributed by atoms with Gasteiger partial charge in [-0.1, -0.05) is 40.2 Å². The van der Waals surface area contributed by atoms with Crippen molar-refractivity contribution in [1.29, 1.82) is 0 Å². The average Bonchev–Trinajstić information content (AvgIpc) is 2.30. The minimum atomic E-state index is 0.370. The molecule has 0 amide bonds. The highest BCUT2D eigenvalue weighted by Crippen LogP contribution is 2.16. The molecular weight excluding hydrogens is 278 g/mol. The summed E-state index contributed by atoms with van der Waals surface area (Å²) in [6.45, 7) is 0. The normalized spacial score (nSPS) is 11.2. The van der Waals surface area contributed by atoms with E-state index in [9.17, 15) is 0 Å². The van der Waals surface area contributed by atoms with Crippen molar-refractivity contribution in [3.8, 4) is 0 Å². The summed E-state index contributed by atoms with van der Waals surface area (Å²) >= 11 is 3.40. The molecule has 0 atom stereocenters. The molecule has 0 aliphatic rings. The molecule has 0 aromatic heterocycles. The number of anilines is 1. The van der Waals surface area contributed by atoms with Gasteiger partial charge in [-0.2, -0.15) is 0 Å². The third-order valence-corrected chi connectivity index (χ3v) is 2.60. The highest BCUT2D eigenvalue weighted by Gasteiger charge is 1.96. The lowest BCUT2D eigenvalue weighted by Crippen LogP contribution is -2.21. The van der Waals surface area contributed by atoms with Gasteiger partial charge in [-0.25, -0.2) is 4.99 Å². The molecule has 0 saturated heterocycles. The van der Waals surface area contributed by atoms with Crippen molar-refractivity contribution < 1.29 is 0 Å². The van der Waals surface area contributed by atoms with Crippen LogP contribution in [-0.4, -0.2) is 5.96 Å². The first-order chi connectivity index (χ1) is 8.24. The van der Waals surface area contributed by atoms with E-state index in [1.165, 1.54) is 0 Å². The molecular formula is C13H12BrN3. The van der Waals surface area contributed by atoms with E-state index in [-0.39, 0.29) is 0 Å². The van der Waals surface area contributed by atoms with Gasteiger partial charge < -0.3 is 11.1 Å². The number of hydrogen-bond donors (Lipinski definition) is 2.